The number of carbonyl (C=O) groups excluding carboxylic acids is 2. The Hall–Kier alpha value is -1.88. The molecule has 5 rings (SSSR count). The number of rotatable bonds is 7. The Kier molecular flexibility index (Phi) is 5.46. The Morgan fingerprint density at radius 1 is 1.04 bits per heavy atom. The van der Waals surface area contributed by atoms with Crippen molar-refractivity contribution in [3.8, 4) is 0 Å². The van der Waals surface area contributed by atoms with Gasteiger partial charge in [0.1, 0.15) is 0 Å². The highest BCUT2D eigenvalue weighted by molar-refractivity contribution is 5.97. The highest BCUT2D eigenvalue weighted by Crippen LogP contribution is 2.55. The third-order valence-electron chi connectivity index (χ3n) is 7.11. The van der Waals surface area contributed by atoms with Gasteiger partial charge in [0.2, 0.25) is 5.91 Å². The van der Waals surface area contributed by atoms with Crippen molar-refractivity contribution in [2.24, 2.45) is 17.8 Å². The predicted octanol–water partition coefficient (Wildman–Crippen LogP) is 3.67. The lowest BCUT2D eigenvalue weighted by Gasteiger charge is -2.57. The van der Waals surface area contributed by atoms with Crippen LogP contribution in [0.5, 0.6) is 0 Å². The van der Waals surface area contributed by atoms with Crippen molar-refractivity contribution >= 4 is 17.5 Å². The average Bonchev–Trinajstić information content (AvgIpc) is 2.66. The first-order valence-electron chi connectivity index (χ1n) is 10.9. The van der Waals surface area contributed by atoms with Crippen molar-refractivity contribution in [1.29, 1.82) is 0 Å². The van der Waals surface area contributed by atoms with Crippen LogP contribution in [-0.4, -0.2) is 41.9 Å². The molecule has 0 aromatic heterocycles. The predicted molar refractivity (Wildman–Crippen MR) is 111 cm³/mol. The van der Waals surface area contributed by atoms with Crippen LogP contribution in [0.2, 0.25) is 0 Å². The molecule has 4 aliphatic rings. The summed E-state index contributed by atoms with van der Waals surface area (Å²) in [6.07, 6.45) is 7.92. The SMILES string of the molecule is CCN(CC)C(=O)c1cccc(NC(=O)CNC23CC4CC(CC(C4)C2)C3)c1. The molecule has 4 saturated carbocycles. The molecule has 1 aromatic carbocycles. The van der Waals surface area contributed by atoms with E-state index in [0.717, 1.165) is 17.8 Å². The van der Waals surface area contributed by atoms with Crippen molar-refractivity contribution in [3.05, 3.63) is 29.8 Å². The molecule has 0 aliphatic heterocycles. The third-order valence-corrected chi connectivity index (χ3v) is 7.11. The molecule has 28 heavy (non-hydrogen) atoms. The van der Waals surface area contributed by atoms with E-state index in [0.29, 0.717) is 30.9 Å². The minimum atomic E-state index is -0.0248. The largest absolute Gasteiger partial charge is 0.339 e. The van der Waals surface area contributed by atoms with E-state index < -0.39 is 0 Å². The molecule has 152 valence electrons. The molecule has 0 spiro atoms. The van der Waals surface area contributed by atoms with Gasteiger partial charge in [-0.25, -0.2) is 0 Å². The van der Waals surface area contributed by atoms with E-state index in [1.165, 1.54) is 38.5 Å². The Morgan fingerprint density at radius 3 is 2.21 bits per heavy atom. The van der Waals surface area contributed by atoms with Crippen LogP contribution in [0.25, 0.3) is 0 Å². The zero-order chi connectivity index (χ0) is 19.7. The van der Waals surface area contributed by atoms with Gasteiger partial charge in [0, 0.05) is 29.9 Å². The van der Waals surface area contributed by atoms with Crippen LogP contribution in [0, 0.1) is 17.8 Å². The number of nitrogens with one attached hydrogen (secondary N) is 2. The van der Waals surface area contributed by atoms with Gasteiger partial charge < -0.3 is 15.5 Å². The summed E-state index contributed by atoms with van der Waals surface area (Å²) < 4.78 is 0. The summed E-state index contributed by atoms with van der Waals surface area (Å²) in [6, 6.07) is 7.27. The number of anilines is 1. The molecule has 1 aromatic rings. The van der Waals surface area contributed by atoms with E-state index >= 15 is 0 Å². The smallest absolute Gasteiger partial charge is 0.253 e. The maximum atomic E-state index is 12.6. The molecular weight excluding hydrogens is 350 g/mol. The molecule has 5 heteroatoms. The standard InChI is InChI=1S/C23H33N3O2/c1-3-26(4-2)22(28)19-6-5-7-20(11-19)25-21(27)15-24-23-12-16-8-17(13-23)10-18(9-16)14-23/h5-7,11,16-18,24H,3-4,8-10,12-15H2,1-2H3,(H,25,27). The second-order valence-electron chi connectivity index (χ2n) is 9.16. The van der Waals surface area contributed by atoms with Gasteiger partial charge in [-0.15, -0.1) is 0 Å². The average molecular weight is 384 g/mol. The first kappa shape index (κ1) is 19.4. The molecule has 0 saturated heterocycles. The fourth-order valence-electron chi connectivity index (χ4n) is 6.22. The Bertz CT molecular complexity index is 706. The van der Waals surface area contributed by atoms with Crippen molar-refractivity contribution in [2.75, 3.05) is 25.0 Å². The number of hydrogen-bond donors (Lipinski definition) is 2. The van der Waals surface area contributed by atoms with Crippen molar-refractivity contribution in [3.63, 3.8) is 0 Å². The summed E-state index contributed by atoms with van der Waals surface area (Å²) in [5.41, 5.74) is 1.50. The van der Waals surface area contributed by atoms with Gasteiger partial charge >= 0.3 is 0 Å². The molecular formula is C23H33N3O2. The second kappa shape index (κ2) is 7.86. The van der Waals surface area contributed by atoms with E-state index in [1.807, 2.05) is 32.0 Å². The first-order valence-corrected chi connectivity index (χ1v) is 10.9. The highest BCUT2D eigenvalue weighted by Gasteiger charge is 2.50. The summed E-state index contributed by atoms with van der Waals surface area (Å²) in [6.45, 7) is 5.66. The zero-order valence-electron chi connectivity index (χ0n) is 17.2. The van der Waals surface area contributed by atoms with Gasteiger partial charge in [-0.3, -0.25) is 9.59 Å². The molecule has 4 bridgehead atoms. The van der Waals surface area contributed by atoms with Gasteiger partial charge in [-0.1, -0.05) is 6.07 Å². The normalized spacial score (nSPS) is 30.3. The molecule has 2 amide bonds. The lowest BCUT2D eigenvalue weighted by molar-refractivity contribution is -0.116. The van der Waals surface area contributed by atoms with Crippen molar-refractivity contribution in [1.82, 2.24) is 10.2 Å². The monoisotopic (exact) mass is 383 g/mol. The van der Waals surface area contributed by atoms with Crippen molar-refractivity contribution < 1.29 is 9.59 Å². The van der Waals surface area contributed by atoms with Crippen LogP contribution in [0.1, 0.15) is 62.7 Å². The zero-order valence-corrected chi connectivity index (χ0v) is 17.2. The third kappa shape index (κ3) is 3.95. The molecule has 2 N–H and O–H groups in total. The molecule has 4 fully saturated rings. The summed E-state index contributed by atoms with van der Waals surface area (Å²) in [7, 11) is 0. The highest BCUT2D eigenvalue weighted by atomic mass is 16.2. The number of amides is 2. The lowest BCUT2D eigenvalue weighted by Crippen LogP contribution is -2.59. The fourth-order valence-corrected chi connectivity index (χ4v) is 6.22. The van der Waals surface area contributed by atoms with Gasteiger partial charge in [-0.05, 0) is 88.3 Å². The lowest BCUT2D eigenvalue weighted by atomic mass is 9.53. The summed E-state index contributed by atoms with van der Waals surface area (Å²) in [4.78, 5) is 26.9. The Balaban J connectivity index is 1.34. The maximum absolute atomic E-state index is 12.6. The fraction of sp³-hybridized carbons (Fsp3) is 0.652. The summed E-state index contributed by atoms with van der Waals surface area (Å²) in [5, 5.41) is 6.61. The number of benzene rings is 1. The Labute approximate surface area is 168 Å². The minimum absolute atomic E-state index is 0.00721. The van der Waals surface area contributed by atoms with E-state index in [-0.39, 0.29) is 17.4 Å². The van der Waals surface area contributed by atoms with Crippen LogP contribution in [0.15, 0.2) is 24.3 Å². The van der Waals surface area contributed by atoms with Crippen molar-refractivity contribution in [2.45, 2.75) is 57.9 Å². The number of nitrogens with zero attached hydrogens (tertiary/aromatic N) is 1. The van der Waals surface area contributed by atoms with E-state index in [1.54, 1.807) is 11.0 Å². The summed E-state index contributed by atoms with van der Waals surface area (Å²) >= 11 is 0. The molecule has 4 aliphatic carbocycles. The van der Waals surface area contributed by atoms with E-state index in [9.17, 15) is 9.59 Å². The van der Waals surface area contributed by atoms with Crippen LogP contribution in [0.4, 0.5) is 5.69 Å². The van der Waals surface area contributed by atoms with E-state index in [4.69, 9.17) is 0 Å². The van der Waals surface area contributed by atoms with Crippen LogP contribution in [0.3, 0.4) is 0 Å². The van der Waals surface area contributed by atoms with E-state index in [2.05, 4.69) is 10.6 Å². The number of hydrogen-bond acceptors (Lipinski definition) is 3. The summed E-state index contributed by atoms with van der Waals surface area (Å²) in [5.74, 6) is 2.58. The van der Waals surface area contributed by atoms with Crippen LogP contribution in [-0.2, 0) is 4.79 Å². The molecule has 5 nitrogen and oxygen atoms in total. The molecule has 0 radical (unpaired) electrons. The van der Waals surface area contributed by atoms with Gasteiger partial charge in [-0.2, -0.15) is 0 Å². The second-order valence-corrected chi connectivity index (χ2v) is 9.16. The minimum Gasteiger partial charge on any atom is -0.339 e. The van der Waals surface area contributed by atoms with Gasteiger partial charge in [0.15, 0.2) is 0 Å². The molecule has 0 atom stereocenters. The quantitative estimate of drug-likeness (QED) is 0.755. The van der Waals surface area contributed by atoms with Gasteiger partial charge in [0.05, 0.1) is 6.54 Å². The Morgan fingerprint density at radius 2 is 1.64 bits per heavy atom. The number of carbonyl (C=O) groups is 2. The molecule has 0 unspecified atom stereocenters. The van der Waals surface area contributed by atoms with Crippen LogP contribution >= 0.6 is 0 Å². The topological polar surface area (TPSA) is 61.4 Å². The van der Waals surface area contributed by atoms with Gasteiger partial charge in [0.25, 0.3) is 5.91 Å². The van der Waals surface area contributed by atoms with Crippen LogP contribution < -0.4 is 10.6 Å². The maximum Gasteiger partial charge on any atom is 0.253 e. The molecule has 0 heterocycles. The first-order chi connectivity index (χ1) is 13.5.